The molecule has 3 aromatic rings. The first-order valence-electron chi connectivity index (χ1n) is 8.00. The van der Waals surface area contributed by atoms with Gasteiger partial charge in [-0.15, -0.1) is 0 Å². The van der Waals surface area contributed by atoms with E-state index in [0.717, 1.165) is 30.2 Å². The monoisotopic (exact) mass is 319 g/mol. The molecule has 3 rings (SSSR count). The molecule has 2 N–H and O–H groups in total. The first-order chi connectivity index (χ1) is 11.8. The molecule has 0 bridgehead atoms. The van der Waals surface area contributed by atoms with Gasteiger partial charge in [-0.3, -0.25) is 19.9 Å². The molecule has 24 heavy (non-hydrogen) atoms. The van der Waals surface area contributed by atoms with E-state index in [0.29, 0.717) is 6.54 Å². The predicted molar refractivity (Wildman–Crippen MR) is 93.8 cm³/mol. The fourth-order valence-corrected chi connectivity index (χ4v) is 2.59. The van der Waals surface area contributed by atoms with Gasteiger partial charge in [-0.2, -0.15) is 0 Å². The molecular formula is C19H21N5. The van der Waals surface area contributed by atoms with Crippen LogP contribution >= 0.6 is 0 Å². The SMILES string of the molecule is NC(CN(Cc1ccccn1)Cc1ccccn1)c1ccccn1. The number of hydrogen-bond acceptors (Lipinski definition) is 5. The highest BCUT2D eigenvalue weighted by Crippen LogP contribution is 2.13. The molecular weight excluding hydrogens is 298 g/mol. The van der Waals surface area contributed by atoms with E-state index in [2.05, 4.69) is 19.9 Å². The molecule has 5 nitrogen and oxygen atoms in total. The van der Waals surface area contributed by atoms with Gasteiger partial charge in [0.25, 0.3) is 0 Å². The van der Waals surface area contributed by atoms with Gasteiger partial charge in [0.15, 0.2) is 0 Å². The van der Waals surface area contributed by atoms with Gasteiger partial charge < -0.3 is 5.73 Å². The van der Waals surface area contributed by atoms with E-state index in [9.17, 15) is 0 Å². The number of hydrogen-bond donors (Lipinski definition) is 1. The standard InChI is InChI=1S/C19H21N5/c20-18(19-9-3-6-12-23-19)15-24(13-16-7-1-4-10-21-16)14-17-8-2-5-11-22-17/h1-12,18H,13-15,20H2. The Labute approximate surface area is 142 Å². The number of nitrogens with two attached hydrogens (primary N) is 1. The quantitative estimate of drug-likeness (QED) is 0.725. The Bertz CT molecular complexity index is 677. The van der Waals surface area contributed by atoms with Crippen molar-refractivity contribution in [1.29, 1.82) is 0 Å². The summed E-state index contributed by atoms with van der Waals surface area (Å²) in [5.74, 6) is 0. The van der Waals surface area contributed by atoms with E-state index in [1.807, 2.05) is 67.0 Å². The Morgan fingerprint density at radius 3 is 1.75 bits per heavy atom. The van der Waals surface area contributed by atoms with Crippen LogP contribution in [0.15, 0.2) is 73.2 Å². The van der Waals surface area contributed by atoms with Crippen molar-refractivity contribution >= 4 is 0 Å². The van der Waals surface area contributed by atoms with Crippen molar-refractivity contribution in [2.75, 3.05) is 6.54 Å². The Hall–Kier alpha value is -2.63. The summed E-state index contributed by atoms with van der Waals surface area (Å²) in [5, 5.41) is 0. The highest BCUT2D eigenvalue weighted by atomic mass is 15.1. The van der Waals surface area contributed by atoms with E-state index >= 15 is 0 Å². The van der Waals surface area contributed by atoms with E-state index in [1.54, 1.807) is 6.20 Å². The maximum absolute atomic E-state index is 6.36. The zero-order valence-electron chi connectivity index (χ0n) is 13.5. The molecule has 0 radical (unpaired) electrons. The molecule has 0 aromatic carbocycles. The Kier molecular flexibility index (Phi) is 5.61. The summed E-state index contributed by atoms with van der Waals surface area (Å²) in [6, 6.07) is 17.6. The second kappa shape index (κ2) is 8.29. The Morgan fingerprint density at radius 2 is 1.29 bits per heavy atom. The van der Waals surface area contributed by atoms with Gasteiger partial charge in [0.05, 0.1) is 23.1 Å². The van der Waals surface area contributed by atoms with Crippen molar-refractivity contribution in [2.45, 2.75) is 19.1 Å². The molecule has 1 unspecified atom stereocenters. The van der Waals surface area contributed by atoms with Crippen LogP contribution in [0.1, 0.15) is 23.1 Å². The third kappa shape index (κ3) is 4.68. The molecule has 0 fully saturated rings. The summed E-state index contributed by atoms with van der Waals surface area (Å²) in [6.07, 6.45) is 5.40. The van der Waals surface area contributed by atoms with Crippen LogP contribution in [0.5, 0.6) is 0 Å². The van der Waals surface area contributed by atoms with Crippen molar-refractivity contribution in [3.63, 3.8) is 0 Å². The molecule has 3 heterocycles. The Morgan fingerprint density at radius 1 is 0.750 bits per heavy atom. The molecule has 0 aliphatic carbocycles. The average Bonchev–Trinajstić information content (AvgIpc) is 2.64. The van der Waals surface area contributed by atoms with Crippen molar-refractivity contribution in [3.8, 4) is 0 Å². The molecule has 122 valence electrons. The van der Waals surface area contributed by atoms with Crippen LogP contribution in [0.2, 0.25) is 0 Å². The average molecular weight is 319 g/mol. The maximum Gasteiger partial charge on any atom is 0.0599 e. The highest BCUT2D eigenvalue weighted by molar-refractivity contribution is 5.10. The minimum absolute atomic E-state index is 0.154. The smallest absolute Gasteiger partial charge is 0.0599 e. The number of pyridine rings is 3. The van der Waals surface area contributed by atoms with Crippen LogP contribution < -0.4 is 5.73 Å². The van der Waals surface area contributed by atoms with E-state index < -0.39 is 0 Å². The molecule has 5 heteroatoms. The second-order valence-corrected chi connectivity index (χ2v) is 5.67. The van der Waals surface area contributed by atoms with Gasteiger partial charge >= 0.3 is 0 Å². The van der Waals surface area contributed by atoms with Crippen LogP contribution in [-0.2, 0) is 13.1 Å². The second-order valence-electron chi connectivity index (χ2n) is 5.67. The zero-order chi connectivity index (χ0) is 16.6. The number of nitrogens with zero attached hydrogens (tertiary/aromatic N) is 4. The molecule has 0 spiro atoms. The number of rotatable bonds is 7. The lowest BCUT2D eigenvalue weighted by molar-refractivity contribution is 0.234. The molecule has 0 saturated heterocycles. The minimum Gasteiger partial charge on any atom is -0.322 e. The predicted octanol–water partition coefficient (Wildman–Crippen LogP) is 2.57. The van der Waals surface area contributed by atoms with Gasteiger partial charge in [-0.1, -0.05) is 18.2 Å². The van der Waals surface area contributed by atoms with Gasteiger partial charge in [0.1, 0.15) is 0 Å². The van der Waals surface area contributed by atoms with Crippen LogP contribution in [-0.4, -0.2) is 26.4 Å². The highest BCUT2D eigenvalue weighted by Gasteiger charge is 2.15. The first-order valence-corrected chi connectivity index (χ1v) is 8.00. The van der Waals surface area contributed by atoms with Gasteiger partial charge in [0, 0.05) is 38.2 Å². The first kappa shape index (κ1) is 16.2. The lowest BCUT2D eigenvalue weighted by atomic mass is 10.1. The van der Waals surface area contributed by atoms with E-state index in [4.69, 9.17) is 5.73 Å². The van der Waals surface area contributed by atoms with Crippen molar-refractivity contribution in [1.82, 2.24) is 19.9 Å². The zero-order valence-corrected chi connectivity index (χ0v) is 13.5. The lowest BCUT2D eigenvalue weighted by Gasteiger charge is -2.25. The van der Waals surface area contributed by atoms with Crippen molar-refractivity contribution in [2.24, 2.45) is 5.73 Å². The normalized spacial score (nSPS) is 12.2. The summed E-state index contributed by atoms with van der Waals surface area (Å²) in [4.78, 5) is 15.5. The summed E-state index contributed by atoms with van der Waals surface area (Å²) in [5.41, 5.74) is 9.28. The van der Waals surface area contributed by atoms with Crippen LogP contribution in [0, 0.1) is 0 Å². The van der Waals surface area contributed by atoms with Crippen molar-refractivity contribution < 1.29 is 0 Å². The van der Waals surface area contributed by atoms with Crippen LogP contribution in [0.25, 0.3) is 0 Å². The van der Waals surface area contributed by atoms with Crippen LogP contribution in [0.3, 0.4) is 0 Å². The van der Waals surface area contributed by atoms with Crippen molar-refractivity contribution in [3.05, 3.63) is 90.3 Å². The fourth-order valence-electron chi connectivity index (χ4n) is 2.59. The number of aromatic nitrogens is 3. The van der Waals surface area contributed by atoms with Crippen LogP contribution in [0.4, 0.5) is 0 Å². The fraction of sp³-hybridized carbons (Fsp3) is 0.211. The molecule has 1 atom stereocenters. The molecule has 0 aliphatic rings. The molecule has 0 saturated carbocycles. The lowest BCUT2D eigenvalue weighted by Crippen LogP contribution is -2.32. The molecule has 0 amide bonds. The molecule has 3 aromatic heterocycles. The third-order valence-corrected chi connectivity index (χ3v) is 3.75. The van der Waals surface area contributed by atoms with E-state index in [1.165, 1.54) is 0 Å². The summed E-state index contributed by atoms with van der Waals surface area (Å²) < 4.78 is 0. The maximum atomic E-state index is 6.36. The third-order valence-electron chi connectivity index (χ3n) is 3.75. The summed E-state index contributed by atoms with van der Waals surface area (Å²) in [6.45, 7) is 2.13. The Balaban J connectivity index is 1.73. The van der Waals surface area contributed by atoms with Gasteiger partial charge in [0.2, 0.25) is 0 Å². The van der Waals surface area contributed by atoms with Gasteiger partial charge in [-0.25, -0.2) is 0 Å². The topological polar surface area (TPSA) is 67.9 Å². The van der Waals surface area contributed by atoms with Gasteiger partial charge in [-0.05, 0) is 36.4 Å². The largest absolute Gasteiger partial charge is 0.322 e. The summed E-state index contributed by atoms with van der Waals surface area (Å²) >= 11 is 0. The van der Waals surface area contributed by atoms with E-state index in [-0.39, 0.29) is 6.04 Å². The molecule has 0 aliphatic heterocycles. The minimum atomic E-state index is -0.154. The summed E-state index contributed by atoms with van der Waals surface area (Å²) in [7, 11) is 0.